The molecule has 0 aliphatic carbocycles. The Bertz CT molecular complexity index is 878. The number of hydrogen-bond acceptors (Lipinski definition) is 4. The van der Waals surface area contributed by atoms with Gasteiger partial charge in [0.25, 0.3) is 0 Å². The number of para-hydroxylation sites is 1. The Morgan fingerprint density at radius 2 is 1.91 bits per heavy atom. The van der Waals surface area contributed by atoms with E-state index in [0.29, 0.717) is 5.03 Å². The van der Waals surface area contributed by atoms with Crippen LogP contribution in [0.1, 0.15) is 13.8 Å². The lowest BCUT2D eigenvalue weighted by Gasteiger charge is -2.19. The minimum atomic E-state index is -0.951. The Labute approximate surface area is 138 Å². The number of nitrogens with zero attached hydrogens (tertiary/aromatic N) is 2. The second kappa shape index (κ2) is 6.01. The van der Waals surface area contributed by atoms with Gasteiger partial charge in [0, 0.05) is 28.9 Å². The number of hydrogen-bond donors (Lipinski definition) is 1. The Morgan fingerprint density at radius 3 is 2.70 bits per heavy atom. The van der Waals surface area contributed by atoms with E-state index < -0.39 is 10.7 Å². The molecule has 0 saturated heterocycles. The van der Waals surface area contributed by atoms with E-state index in [0.717, 1.165) is 22.0 Å². The number of carboxylic acids is 1. The zero-order valence-electron chi connectivity index (χ0n) is 12.9. The molecule has 2 heterocycles. The Balaban J connectivity index is 2.07. The maximum absolute atomic E-state index is 11.4. The van der Waals surface area contributed by atoms with Gasteiger partial charge in [-0.3, -0.25) is 9.78 Å². The number of carbonyl (C=O) groups is 1. The summed E-state index contributed by atoms with van der Waals surface area (Å²) in [6, 6.07) is 13.7. The fourth-order valence-electron chi connectivity index (χ4n) is 2.20. The summed E-state index contributed by atoms with van der Waals surface area (Å²) in [4.78, 5) is 20.2. The Hall–Kier alpha value is -2.40. The van der Waals surface area contributed by atoms with Gasteiger partial charge in [-0.1, -0.05) is 36.0 Å². The van der Waals surface area contributed by atoms with Gasteiger partial charge in [0.15, 0.2) is 0 Å². The summed E-state index contributed by atoms with van der Waals surface area (Å²) in [5.74, 6) is -0.865. The molecule has 116 valence electrons. The predicted octanol–water partition coefficient (Wildman–Crippen LogP) is 4.25. The monoisotopic (exact) mass is 324 g/mol. The van der Waals surface area contributed by atoms with E-state index in [1.54, 1.807) is 26.2 Å². The second-order valence-corrected chi connectivity index (χ2v) is 7.30. The zero-order valence-corrected chi connectivity index (χ0v) is 13.7. The van der Waals surface area contributed by atoms with Crippen molar-refractivity contribution in [2.75, 3.05) is 0 Å². The quantitative estimate of drug-likeness (QED) is 0.727. The molecule has 0 bridgehead atoms. The SMILES string of the molecule is CC(C)(Sc1ncccc1-c1cnc2ccccc2c1)C(=O)O. The maximum atomic E-state index is 11.4. The summed E-state index contributed by atoms with van der Waals surface area (Å²) in [5, 5.41) is 11.1. The largest absolute Gasteiger partial charge is 0.480 e. The molecule has 0 amide bonds. The molecule has 0 aliphatic heterocycles. The van der Waals surface area contributed by atoms with Gasteiger partial charge in [-0.05, 0) is 32.0 Å². The summed E-state index contributed by atoms with van der Waals surface area (Å²) in [5.41, 5.74) is 2.76. The van der Waals surface area contributed by atoms with Crippen molar-refractivity contribution >= 4 is 28.6 Å². The molecule has 1 N–H and O–H groups in total. The summed E-state index contributed by atoms with van der Waals surface area (Å²) in [6.07, 6.45) is 3.48. The molecule has 0 atom stereocenters. The number of benzene rings is 1. The van der Waals surface area contributed by atoms with Gasteiger partial charge in [-0.2, -0.15) is 0 Å². The van der Waals surface area contributed by atoms with Gasteiger partial charge in [0.1, 0.15) is 9.77 Å². The first-order chi connectivity index (χ1) is 11.0. The second-order valence-electron chi connectivity index (χ2n) is 5.69. The summed E-state index contributed by atoms with van der Waals surface area (Å²) in [7, 11) is 0. The molecule has 0 saturated carbocycles. The highest BCUT2D eigenvalue weighted by atomic mass is 32.2. The van der Waals surface area contributed by atoms with E-state index in [4.69, 9.17) is 0 Å². The van der Waals surface area contributed by atoms with Crippen molar-refractivity contribution in [3.8, 4) is 11.1 Å². The molecule has 0 fully saturated rings. The van der Waals surface area contributed by atoms with Crippen molar-refractivity contribution in [1.29, 1.82) is 0 Å². The van der Waals surface area contributed by atoms with Crippen LogP contribution in [0.15, 0.2) is 59.9 Å². The molecule has 3 rings (SSSR count). The fourth-order valence-corrected chi connectivity index (χ4v) is 3.18. The van der Waals surface area contributed by atoms with Crippen molar-refractivity contribution in [2.45, 2.75) is 23.6 Å². The molecular weight excluding hydrogens is 308 g/mol. The van der Waals surface area contributed by atoms with Crippen LogP contribution in [-0.4, -0.2) is 25.8 Å². The highest BCUT2D eigenvalue weighted by Crippen LogP contribution is 2.37. The van der Waals surface area contributed by atoms with Crippen molar-refractivity contribution in [3.63, 3.8) is 0 Å². The van der Waals surface area contributed by atoms with Crippen molar-refractivity contribution in [2.24, 2.45) is 0 Å². The fraction of sp³-hybridized carbons (Fsp3) is 0.167. The number of carboxylic acid groups (broad SMARTS) is 1. The first kappa shape index (κ1) is 15.5. The van der Waals surface area contributed by atoms with Gasteiger partial charge in [0.05, 0.1) is 5.52 Å². The topological polar surface area (TPSA) is 63.1 Å². The number of pyridine rings is 2. The molecule has 1 aromatic carbocycles. The summed E-state index contributed by atoms with van der Waals surface area (Å²) >= 11 is 1.24. The lowest BCUT2D eigenvalue weighted by molar-refractivity contribution is -0.138. The smallest absolute Gasteiger partial charge is 0.319 e. The Morgan fingerprint density at radius 1 is 1.13 bits per heavy atom. The van der Waals surface area contributed by atoms with Crippen LogP contribution in [0, 0.1) is 0 Å². The minimum Gasteiger partial charge on any atom is -0.480 e. The van der Waals surface area contributed by atoms with Crippen LogP contribution in [0.5, 0.6) is 0 Å². The van der Waals surface area contributed by atoms with Crippen molar-refractivity contribution < 1.29 is 9.90 Å². The van der Waals surface area contributed by atoms with E-state index in [1.165, 1.54) is 11.8 Å². The van der Waals surface area contributed by atoms with Crippen LogP contribution in [-0.2, 0) is 4.79 Å². The molecule has 4 nitrogen and oxygen atoms in total. The van der Waals surface area contributed by atoms with Crippen LogP contribution in [0.25, 0.3) is 22.0 Å². The molecule has 0 radical (unpaired) electrons. The van der Waals surface area contributed by atoms with E-state index in [9.17, 15) is 9.90 Å². The highest BCUT2D eigenvalue weighted by Gasteiger charge is 2.30. The zero-order chi connectivity index (χ0) is 16.4. The third-order valence-electron chi connectivity index (χ3n) is 3.54. The van der Waals surface area contributed by atoms with Gasteiger partial charge in [0.2, 0.25) is 0 Å². The van der Waals surface area contributed by atoms with Crippen LogP contribution < -0.4 is 0 Å². The summed E-state index contributed by atoms with van der Waals surface area (Å²) < 4.78 is -0.951. The number of aromatic nitrogens is 2. The van der Waals surface area contributed by atoms with E-state index in [-0.39, 0.29) is 0 Å². The van der Waals surface area contributed by atoms with Gasteiger partial charge in [-0.15, -0.1) is 0 Å². The van der Waals surface area contributed by atoms with Gasteiger partial charge < -0.3 is 5.11 Å². The van der Waals surface area contributed by atoms with Gasteiger partial charge >= 0.3 is 5.97 Å². The molecule has 0 aliphatic rings. The van der Waals surface area contributed by atoms with E-state index in [1.807, 2.05) is 36.4 Å². The molecule has 23 heavy (non-hydrogen) atoms. The maximum Gasteiger partial charge on any atom is 0.319 e. The molecule has 2 aromatic heterocycles. The van der Waals surface area contributed by atoms with Crippen LogP contribution in [0.3, 0.4) is 0 Å². The third-order valence-corrected chi connectivity index (χ3v) is 4.74. The number of fused-ring (bicyclic) bond motifs is 1. The first-order valence-corrected chi connectivity index (χ1v) is 8.01. The average molecular weight is 324 g/mol. The standard InChI is InChI=1S/C18H16N2O2S/c1-18(2,17(21)22)23-16-14(7-5-9-19-16)13-10-12-6-3-4-8-15(12)20-11-13/h3-11H,1-2H3,(H,21,22). The molecular formula is C18H16N2O2S. The molecule has 0 unspecified atom stereocenters. The summed E-state index contributed by atoms with van der Waals surface area (Å²) in [6.45, 7) is 3.36. The first-order valence-electron chi connectivity index (χ1n) is 7.20. The molecule has 0 spiro atoms. The van der Waals surface area contributed by atoms with Crippen LogP contribution in [0.4, 0.5) is 0 Å². The normalized spacial score (nSPS) is 11.6. The number of thioether (sulfide) groups is 1. The van der Waals surface area contributed by atoms with Crippen molar-refractivity contribution in [3.05, 3.63) is 54.9 Å². The Kier molecular flexibility index (Phi) is 4.05. The lowest BCUT2D eigenvalue weighted by Crippen LogP contribution is -2.27. The highest BCUT2D eigenvalue weighted by molar-refractivity contribution is 8.01. The number of rotatable bonds is 4. The average Bonchev–Trinajstić information content (AvgIpc) is 2.54. The van der Waals surface area contributed by atoms with E-state index >= 15 is 0 Å². The molecule has 5 heteroatoms. The van der Waals surface area contributed by atoms with Crippen molar-refractivity contribution in [1.82, 2.24) is 9.97 Å². The minimum absolute atomic E-state index is 0.692. The molecule has 3 aromatic rings. The number of aliphatic carboxylic acids is 1. The van der Waals surface area contributed by atoms with Gasteiger partial charge in [-0.25, -0.2) is 4.98 Å². The van der Waals surface area contributed by atoms with Crippen LogP contribution >= 0.6 is 11.8 Å². The predicted molar refractivity (Wildman–Crippen MR) is 92.5 cm³/mol. The van der Waals surface area contributed by atoms with Crippen LogP contribution in [0.2, 0.25) is 0 Å². The third kappa shape index (κ3) is 3.19. The van der Waals surface area contributed by atoms with E-state index in [2.05, 4.69) is 16.0 Å². The lowest BCUT2D eigenvalue weighted by atomic mass is 10.1.